The van der Waals surface area contributed by atoms with Crippen molar-refractivity contribution in [3.8, 4) is 0 Å². The summed E-state index contributed by atoms with van der Waals surface area (Å²) >= 11 is 3.55. The van der Waals surface area contributed by atoms with Gasteiger partial charge in [-0.3, -0.25) is 0 Å². The molecule has 1 saturated carbocycles. The van der Waals surface area contributed by atoms with E-state index in [0.29, 0.717) is 12.5 Å². The van der Waals surface area contributed by atoms with Crippen molar-refractivity contribution in [1.82, 2.24) is 9.97 Å². The van der Waals surface area contributed by atoms with E-state index < -0.39 is 0 Å². The molecule has 1 N–H and O–H groups in total. The quantitative estimate of drug-likeness (QED) is 0.875. The lowest BCUT2D eigenvalue weighted by Crippen LogP contribution is -2.14. The van der Waals surface area contributed by atoms with Crippen molar-refractivity contribution in [1.29, 1.82) is 0 Å². The molecule has 1 atom stereocenters. The molecule has 4 nitrogen and oxygen atoms in total. The molecule has 0 saturated heterocycles. The number of ether oxygens (including phenoxy) is 1. The lowest BCUT2D eigenvalue weighted by atomic mass is 10.2. The van der Waals surface area contributed by atoms with Gasteiger partial charge in [-0.25, -0.2) is 9.97 Å². The molecule has 0 spiro atoms. The number of halogens is 1. The number of rotatable bonds is 6. The van der Waals surface area contributed by atoms with Crippen molar-refractivity contribution in [2.75, 3.05) is 19.0 Å². The van der Waals surface area contributed by atoms with Crippen molar-refractivity contribution >= 4 is 21.7 Å². The number of aromatic nitrogens is 2. The molecule has 1 heterocycles. The van der Waals surface area contributed by atoms with E-state index >= 15 is 0 Å². The van der Waals surface area contributed by atoms with Crippen LogP contribution in [0, 0.1) is 5.92 Å². The Bertz CT molecular complexity index is 396. The second-order valence-corrected chi connectivity index (χ2v) is 5.30. The molecule has 1 aromatic heterocycles. The minimum absolute atomic E-state index is 0.0560. The molecule has 100 valence electrons. The first kappa shape index (κ1) is 13.7. The van der Waals surface area contributed by atoms with Gasteiger partial charge in [-0.15, -0.1) is 0 Å². The maximum Gasteiger partial charge on any atom is 0.160 e. The first-order valence-electron chi connectivity index (χ1n) is 6.56. The molecule has 1 aliphatic carbocycles. The van der Waals surface area contributed by atoms with Crippen molar-refractivity contribution in [3.63, 3.8) is 0 Å². The molecule has 1 aliphatic rings. The number of aryl methyl sites for hydroxylation is 1. The normalized spacial score (nSPS) is 16.7. The smallest absolute Gasteiger partial charge is 0.160 e. The number of nitrogens with zero attached hydrogens (tertiary/aromatic N) is 2. The van der Waals surface area contributed by atoms with Crippen LogP contribution in [0.1, 0.15) is 44.3 Å². The van der Waals surface area contributed by atoms with E-state index in [9.17, 15) is 0 Å². The van der Waals surface area contributed by atoms with E-state index in [4.69, 9.17) is 4.74 Å². The summed E-state index contributed by atoms with van der Waals surface area (Å²) in [6.45, 7) is 4.83. The molecule has 0 aliphatic heterocycles. The fourth-order valence-electron chi connectivity index (χ4n) is 2.04. The van der Waals surface area contributed by atoms with E-state index in [1.165, 1.54) is 12.8 Å². The van der Waals surface area contributed by atoms with Gasteiger partial charge in [0.25, 0.3) is 0 Å². The van der Waals surface area contributed by atoms with Crippen LogP contribution < -0.4 is 5.32 Å². The first-order valence-corrected chi connectivity index (χ1v) is 7.36. The summed E-state index contributed by atoms with van der Waals surface area (Å²) in [5, 5.41) is 3.11. The first-order chi connectivity index (χ1) is 8.71. The molecule has 0 radical (unpaired) electrons. The van der Waals surface area contributed by atoms with Crippen molar-refractivity contribution in [2.24, 2.45) is 5.92 Å². The lowest BCUT2D eigenvalue weighted by Gasteiger charge is -2.17. The van der Waals surface area contributed by atoms with Crippen molar-refractivity contribution < 1.29 is 4.74 Å². The zero-order valence-electron chi connectivity index (χ0n) is 11.2. The third kappa shape index (κ3) is 2.83. The Balaban J connectivity index is 2.35. The summed E-state index contributed by atoms with van der Waals surface area (Å²) in [7, 11) is 1.88. The Kier molecular flexibility index (Phi) is 4.56. The highest BCUT2D eigenvalue weighted by Gasteiger charge is 2.35. The summed E-state index contributed by atoms with van der Waals surface area (Å²) in [4.78, 5) is 9.24. The molecule has 1 unspecified atom stereocenters. The van der Waals surface area contributed by atoms with Gasteiger partial charge in [-0.2, -0.15) is 0 Å². The fraction of sp³-hybridized carbons (Fsp3) is 0.692. The summed E-state index contributed by atoms with van der Waals surface area (Å²) in [5.41, 5.74) is 1.04. The summed E-state index contributed by atoms with van der Waals surface area (Å²) in [5.74, 6) is 2.27. The average Bonchev–Trinajstić information content (AvgIpc) is 3.21. The van der Waals surface area contributed by atoms with E-state index in [2.05, 4.69) is 38.1 Å². The van der Waals surface area contributed by atoms with Crippen molar-refractivity contribution in [2.45, 2.75) is 39.2 Å². The largest absolute Gasteiger partial charge is 0.372 e. The maximum atomic E-state index is 5.82. The monoisotopic (exact) mass is 313 g/mol. The zero-order chi connectivity index (χ0) is 13.1. The predicted octanol–water partition coefficient (Wildman–Crippen LogP) is 3.33. The highest BCUT2D eigenvalue weighted by Crippen LogP contribution is 2.43. The van der Waals surface area contributed by atoms with Gasteiger partial charge in [-0.05, 0) is 48.0 Å². The Morgan fingerprint density at radius 2 is 2.11 bits per heavy atom. The molecular formula is C13H20BrN3O. The van der Waals surface area contributed by atoms with Crippen LogP contribution in [-0.2, 0) is 11.2 Å². The Hall–Kier alpha value is -0.680. The van der Waals surface area contributed by atoms with Crippen LogP contribution in [0.5, 0.6) is 0 Å². The Morgan fingerprint density at radius 1 is 1.39 bits per heavy atom. The number of nitrogens with one attached hydrogen (secondary N) is 1. The number of hydrogen-bond donors (Lipinski definition) is 1. The fourth-order valence-corrected chi connectivity index (χ4v) is 2.70. The van der Waals surface area contributed by atoms with Crippen molar-refractivity contribution in [3.05, 3.63) is 16.0 Å². The third-order valence-electron chi connectivity index (χ3n) is 3.16. The molecule has 18 heavy (non-hydrogen) atoms. The predicted molar refractivity (Wildman–Crippen MR) is 75.7 cm³/mol. The minimum atomic E-state index is 0.0560. The van der Waals surface area contributed by atoms with E-state index in [0.717, 1.165) is 28.2 Å². The van der Waals surface area contributed by atoms with Gasteiger partial charge in [0.2, 0.25) is 0 Å². The molecular weight excluding hydrogens is 294 g/mol. The minimum Gasteiger partial charge on any atom is -0.372 e. The van der Waals surface area contributed by atoms with Crippen LogP contribution in [0.4, 0.5) is 5.82 Å². The zero-order valence-corrected chi connectivity index (χ0v) is 12.7. The van der Waals surface area contributed by atoms with E-state index in [1.54, 1.807) is 0 Å². The van der Waals surface area contributed by atoms with Crippen LogP contribution in [0.15, 0.2) is 4.47 Å². The second kappa shape index (κ2) is 5.97. The number of anilines is 1. The molecule has 0 aromatic carbocycles. The highest BCUT2D eigenvalue weighted by molar-refractivity contribution is 9.10. The Labute approximate surface area is 117 Å². The molecule has 1 aromatic rings. The topological polar surface area (TPSA) is 47.0 Å². The van der Waals surface area contributed by atoms with E-state index in [-0.39, 0.29) is 6.10 Å². The van der Waals surface area contributed by atoms with Gasteiger partial charge >= 0.3 is 0 Å². The van der Waals surface area contributed by atoms with Gasteiger partial charge in [0.1, 0.15) is 11.9 Å². The van der Waals surface area contributed by atoms with Crippen LogP contribution in [0.2, 0.25) is 0 Å². The maximum absolute atomic E-state index is 5.82. The van der Waals surface area contributed by atoms with Crippen LogP contribution in [0.25, 0.3) is 0 Å². The van der Waals surface area contributed by atoms with E-state index in [1.807, 2.05) is 14.0 Å². The standard InChI is InChI=1S/C13H20BrN3O/c1-4-9-10(14)12(15-3)17-13(16-9)11(18-5-2)8-6-7-8/h8,11H,4-7H2,1-3H3,(H,15,16,17). The average molecular weight is 314 g/mol. The molecule has 5 heteroatoms. The molecule has 1 fully saturated rings. The number of hydrogen-bond acceptors (Lipinski definition) is 4. The van der Waals surface area contributed by atoms with Crippen LogP contribution >= 0.6 is 15.9 Å². The SMILES string of the molecule is CCOC(c1nc(CC)c(Br)c(NC)n1)C1CC1. The van der Waals surface area contributed by atoms with Gasteiger partial charge in [0.05, 0.1) is 10.2 Å². The van der Waals surface area contributed by atoms with Crippen LogP contribution in [-0.4, -0.2) is 23.6 Å². The lowest BCUT2D eigenvalue weighted by molar-refractivity contribution is 0.0399. The molecule has 0 bridgehead atoms. The third-order valence-corrected chi connectivity index (χ3v) is 3.99. The molecule has 0 amide bonds. The summed E-state index contributed by atoms with van der Waals surface area (Å²) in [6.07, 6.45) is 3.38. The van der Waals surface area contributed by atoms with Gasteiger partial charge in [0.15, 0.2) is 5.82 Å². The summed E-state index contributed by atoms with van der Waals surface area (Å²) in [6, 6.07) is 0. The van der Waals surface area contributed by atoms with Crippen LogP contribution in [0.3, 0.4) is 0 Å². The van der Waals surface area contributed by atoms with Gasteiger partial charge in [0, 0.05) is 13.7 Å². The summed E-state index contributed by atoms with van der Waals surface area (Å²) < 4.78 is 6.78. The second-order valence-electron chi connectivity index (χ2n) is 4.51. The molecule has 2 rings (SSSR count). The highest BCUT2D eigenvalue weighted by atomic mass is 79.9. The Morgan fingerprint density at radius 3 is 2.61 bits per heavy atom. The van der Waals surface area contributed by atoms with Gasteiger partial charge < -0.3 is 10.1 Å². The van der Waals surface area contributed by atoms with Gasteiger partial charge in [-0.1, -0.05) is 6.92 Å².